The SMILES string of the molecule is C=CCCN(CCN)CCN(CCNCCN)CCC(CCN)CCNCCNCCN. The Bertz CT molecular complexity index is 384. The number of hydrogen-bond acceptors (Lipinski definition) is 9. The molecule has 0 saturated heterocycles. The molecule has 0 aromatic rings. The van der Waals surface area contributed by atoms with Crippen LogP contribution in [0, 0.1) is 5.92 Å². The van der Waals surface area contributed by atoms with Crippen LogP contribution in [0.5, 0.6) is 0 Å². The molecule has 9 nitrogen and oxygen atoms in total. The van der Waals surface area contributed by atoms with Gasteiger partial charge in [-0.15, -0.1) is 6.58 Å². The van der Waals surface area contributed by atoms with Crippen molar-refractivity contribution in [2.24, 2.45) is 28.9 Å². The lowest BCUT2D eigenvalue weighted by molar-refractivity contribution is 0.196. The highest BCUT2D eigenvalue weighted by Crippen LogP contribution is 2.13. The van der Waals surface area contributed by atoms with Gasteiger partial charge in [-0.05, 0) is 51.2 Å². The topological polar surface area (TPSA) is 147 Å². The van der Waals surface area contributed by atoms with Crippen LogP contribution in [0.15, 0.2) is 12.7 Å². The van der Waals surface area contributed by atoms with Crippen molar-refractivity contribution in [3.05, 3.63) is 12.7 Å². The van der Waals surface area contributed by atoms with E-state index in [1.165, 1.54) is 12.8 Å². The summed E-state index contributed by atoms with van der Waals surface area (Å²) in [5.74, 6) is 0.657. The fraction of sp³-hybridized carbons (Fsp3) is 0.913. The highest BCUT2D eigenvalue weighted by molar-refractivity contribution is 4.73. The molecule has 192 valence electrons. The molecule has 0 aromatic carbocycles. The second kappa shape index (κ2) is 25.0. The molecule has 11 N–H and O–H groups in total. The Kier molecular flexibility index (Phi) is 24.5. The molecular formula is C23H55N9. The van der Waals surface area contributed by atoms with E-state index in [0.29, 0.717) is 25.6 Å². The predicted octanol–water partition coefficient (Wildman–Crippen LogP) is -1.44. The normalized spacial score (nSPS) is 12.7. The van der Waals surface area contributed by atoms with E-state index in [4.69, 9.17) is 22.9 Å². The molecule has 0 bridgehead atoms. The molecule has 1 atom stereocenters. The van der Waals surface area contributed by atoms with E-state index in [1.807, 2.05) is 6.08 Å². The summed E-state index contributed by atoms with van der Waals surface area (Å²) in [5, 5.41) is 10.3. The lowest BCUT2D eigenvalue weighted by Crippen LogP contribution is -2.41. The van der Waals surface area contributed by atoms with Gasteiger partial charge in [-0.2, -0.15) is 0 Å². The Morgan fingerprint density at radius 3 is 1.78 bits per heavy atom. The number of rotatable bonds is 26. The number of nitrogens with two attached hydrogens (primary N) is 4. The summed E-state index contributed by atoms with van der Waals surface area (Å²) in [6, 6.07) is 0. The van der Waals surface area contributed by atoms with Crippen molar-refractivity contribution in [2.45, 2.75) is 25.7 Å². The molecule has 0 fully saturated rings. The maximum atomic E-state index is 5.91. The second-order valence-corrected chi connectivity index (χ2v) is 8.40. The average molecular weight is 458 g/mol. The zero-order chi connectivity index (χ0) is 23.7. The summed E-state index contributed by atoms with van der Waals surface area (Å²) < 4.78 is 0. The van der Waals surface area contributed by atoms with Crippen LogP contribution in [0.2, 0.25) is 0 Å². The summed E-state index contributed by atoms with van der Waals surface area (Å²) in [5.41, 5.74) is 22.8. The standard InChI is InChI=1S/C23H55N9/c1-2-3-17-31(19-10-27)21-22-32(20-16-30-13-9-26)18-6-23(4-7-24)5-11-28-14-15-29-12-8-25/h2,23,28-30H,1,3-22,24-27H2. The summed E-state index contributed by atoms with van der Waals surface area (Å²) in [4.78, 5) is 5.02. The molecule has 0 spiro atoms. The van der Waals surface area contributed by atoms with Crippen molar-refractivity contribution >= 4 is 0 Å². The van der Waals surface area contributed by atoms with Gasteiger partial charge in [0.25, 0.3) is 0 Å². The van der Waals surface area contributed by atoms with E-state index in [9.17, 15) is 0 Å². The first-order valence-electron chi connectivity index (χ1n) is 12.7. The van der Waals surface area contributed by atoms with Crippen molar-refractivity contribution in [3.8, 4) is 0 Å². The molecule has 0 rings (SSSR count). The minimum absolute atomic E-state index is 0.657. The average Bonchev–Trinajstić information content (AvgIpc) is 2.80. The van der Waals surface area contributed by atoms with Crippen LogP contribution in [0.25, 0.3) is 0 Å². The monoisotopic (exact) mass is 457 g/mol. The van der Waals surface area contributed by atoms with Crippen molar-refractivity contribution < 1.29 is 0 Å². The van der Waals surface area contributed by atoms with E-state index in [1.54, 1.807) is 0 Å². The van der Waals surface area contributed by atoms with Crippen molar-refractivity contribution in [1.29, 1.82) is 0 Å². The van der Waals surface area contributed by atoms with E-state index in [0.717, 1.165) is 97.9 Å². The molecule has 0 aliphatic carbocycles. The quantitative estimate of drug-likeness (QED) is 0.0612. The summed E-state index contributed by atoms with van der Waals surface area (Å²) in [7, 11) is 0. The van der Waals surface area contributed by atoms with Crippen molar-refractivity contribution in [2.75, 3.05) is 105 Å². The lowest BCUT2D eigenvalue weighted by Gasteiger charge is -2.29. The first-order chi connectivity index (χ1) is 15.7. The van der Waals surface area contributed by atoms with E-state index in [-0.39, 0.29) is 0 Å². The van der Waals surface area contributed by atoms with Crippen LogP contribution in [0.4, 0.5) is 0 Å². The first-order valence-corrected chi connectivity index (χ1v) is 12.7. The number of nitrogens with one attached hydrogen (secondary N) is 3. The van der Waals surface area contributed by atoms with Gasteiger partial charge < -0.3 is 48.7 Å². The second-order valence-electron chi connectivity index (χ2n) is 8.40. The third kappa shape index (κ3) is 20.0. The van der Waals surface area contributed by atoms with Gasteiger partial charge in [-0.3, -0.25) is 0 Å². The van der Waals surface area contributed by atoms with Crippen LogP contribution in [0.3, 0.4) is 0 Å². The number of hydrogen-bond donors (Lipinski definition) is 7. The van der Waals surface area contributed by atoms with Crippen LogP contribution in [0.1, 0.15) is 25.7 Å². The Morgan fingerprint density at radius 1 is 0.562 bits per heavy atom. The Balaban J connectivity index is 4.47. The van der Waals surface area contributed by atoms with Crippen molar-refractivity contribution in [1.82, 2.24) is 25.8 Å². The van der Waals surface area contributed by atoms with Crippen LogP contribution >= 0.6 is 0 Å². The molecule has 0 saturated carbocycles. The van der Waals surface area contributed by atoms with E-state index in [2.05, 4.69) is 32.3 Å². The molecule has 0 radical (unpaired) electrons. The molecule has 32 heavy (non-hydrogen) atoms. The number of nitrogens with zero attached hydrogens (tertiary/aromatic N) is 2. The first kappa shape index (κ1) is 31.4. The molecule has 1 unspecified atom stereocenters. The third-order valence-corrected chi connectivity index (χ3v) is 5.71. The maximum absolute atomic E-state index is 5.91. The summed E-state index contributed by atoms with van der Waals surface area (Å²) in [6.07, 6.45) is 6.44. The minimum atomic E-state index is 0.657. The predicted molar refractivity (Wildman–Crippen MR) is 140 cm³/mol. The Morgan fingerprint density at radius 2 is 1.19 bits per heavy atom. The molecule has 9 heteroatoms. The van der Waals surface area contributed by atoms with Crippen LogP contribution in [-0.4, -0.2) is 115 Å². The highest BCUT2D eigenvalue weighted by Gasteiger charge is 2.13. The van der Waals surface area contributed by atoms with Gasteiger partial charge in [-0.25, -0.2) is 0 Å². The zero-order valence-electron chi connectivity index (χ0n) is 20.7. The molecule has 0 aliphatic heterocycles. The zero-order valence-corrected chi connectivity index (χ0v) is 20.7. The van der Waals surface area contributed by atoms with Gasteiger partial charge >= 0.3 is 0 Å². The van der Waals surface area contributed by atoms with Crippen LogP contribution < -0.4 is 38.9 Å². The smallest absolute Gasteiger partial charge is 0.0110 e. The van der Waals surface area contributed by atoms with Gasteiger partial charge in [0.15, 0.2) is 0 Å². The summed E-state index contributed by atoms with van der Waals surface area (Å²) in [6.45, 7) is 18.6. The maximum Gasteiger partial charge on any atom is 0.0110 e. The van der Waals surface area contributed by atoms with Gasteiger partial charge in [0.05, 0.1) is 0 Å². The molecular weight excluding hydrogens is 402 g/mol. The molecule has 0 heterocycles. The van der Waals surface area contributed by atoms with Gasteiger partial charge in [0.2, 0.25) is 0 Å². The van der Waals surface area contributed by atoms with Gasteiger partial charge in [-0.1, -0.05) is 6.08 Å². The van der Waals surface area contributed by atoms with Crippen molar-refractivity contribution in [3.63, 3.8) is 0 Å². The summed E-state index contributed by atoms with van der Waals surface area (Å²) >= 11 is 0. The fourth-order valence-electron chi connectivity index (χ4n) is 3.74. The van der Waals surface area contributed by atoms with E-state index < -0.39 is 0 Å². The lowest BCUT2D eigenvalue weighted by atomic mass is 9.97. The van der Waals surface area contributed by atoms with Gasteiger partial charge in [0, 0.05) is 85.1 Å². The fourth-order valence-corrected chi connectivity index (χ4v) is 3.74. The van der Waals surface area contributed by atoms with Gasteiger partial charge in [0.1, 0.15) is 0 Å². The molecule has 0 aliphatic rings. The van der Waals surface area contributed by atoms with Crippen LogP contribution in [-0.2, 0) is 0 Å². The largest absolute Gasteiger partial charge is 0.330 e. The molecule has 0 aromatic heterocycles. The third-order valence-electron chi connectivity index (χ3n) is 5.71. The molecule has 0 amide bonds. The Labute approximate surface area is 198 Å². The minimum Gasteiger partial charge on any atom is -0.330 e. The van der Waals surface area contributed by atoms with E-state index >= 15 is 0 Å². The Hall–Kier alpha value is -0.620. The highest BCUT2D eigenvalue weighted by atomic mass is 15.2.